The second kappa shape index (κ2) is 8.05. The molecule has 2 aromatic rings. The predicted molar refractivity (Wildman–Crippen MR) is 89.8 cm³/mol. The Morgan fingerprint density at radius 2 is 1.68 bits per heavy atom. The number of imide groups is 1. The molecule has 6 nitrogen and oxygen atoms in total. The maximum atomic E-state index is 13.4. The number of para-hydroxylation sites is 1. The van der Waals surface area contributed by atoms with Crippen LogP contribution in [0.3, 0.4) is 0 Å². The molecule has 0 atom stereocenters. The number of anilines is 1. The summed E-state index contributed by atoms with van der Waals surface area (Å²) in [4.78, 5) is 35.2. The molecule has 2 N–H and O–H groups in total. The van der Waals surface area contributed by atoms with Gasteiger partial charge in [0.25, 0.3) is 5.91 Å². The fourth-order valence-electron chi connectivity index (χ4n) is 2.19. The van der Waals surface area contributed by atoms with E-state index in [1.807, 2.05) is 25.2 Å². The first-order chi connectivity index (χ1) is 11.8. The van der Waals surface area contributed by atoms with E-state index >= 15 is 0 Å². The summed E-state index contributed by atoms with van der Waals surface area (Å²) >= 11 is 0. The fraction of sp³-hybridized carbons (Fsp3) is 0.167. The Balaban J connectivity index is 1.85. The quantitative estimate of drug-likeness (QED) is 0.835. The molecule has 0 fully saturated rings. The van der Waals surface area contributed by atoms with Gasteiger partial charge in [0, 0.05) is 0 Å². The molecule has 7 heteroatoms. The van der Waals surface area contributed by atoms with Crippen LogP contribution in [0.5, 0.6) is 0 Å². The van der Waals surface area contributed by atoms with Crippen LogP contribution < -0.4 is 10.6 Å². The third kappa shape index (κ3) is 5.42. The molecule has 2 rings (SSSR count). The standard InChI is InChI=1S/C18H17FN2O4/c1-11-7-12(2)9-13(8-11)17(23)25-10-16(22)21-18(24)20-15-6-4-3-5-14(15)19/h3-9H,10H2,1-2H3,(H2,20,21,22,24). The van der Waals surface area contributed by atoms with Gasteiger partial charge in [0.15, 0.2) is 6.61 Å². The average Bonchev–Trinajstić information content (AvgIpc) is 2.53. The van der Waals surface area contributed by atoms with Gasteiger partial charge in [-0.05, 0) is 38.1 Å². The Bertz CT molecular complexity index is 800. The lowest BCUT2D eigenvalue weighted by molar-refractivity contribution is -0.123. The van der Waals surface area contributed by atoms with Crippen molar-refractivity contribution in [3.05, 3.63) is 65.0 Å². The van der Waals surface area contributed by atoms with E-state index in [1.165, 1.54) is 24.3 Å². The number of carbonyl (C=O) groups is 3. The number of urea groups is 1. The SMILES string of the molecule is Cc1cc(C)cc(C(=O)OCC(=O)NC(=O)Nc2ccccc2F)c1. The van der Waals surface area contributed by atoms with Crippen molar-refractivity contribution in [3.8, 4) is 0 Å². The first-order valence-electron chi connectivity index (χ1n) is 7.46. The monoisotopic (exact) mass is 344 g/mol. The van der Waals surface area contributed by atoms with E-state index < -0.39 is 30.3 Å². The smallest absolute Gasteiger partial charge is 0.338 e. The van der Waals surface area contributed by atoms with E-state index in [9.17, 15) is 18.8 Å². The summed E-state index contributed by atoms with van der Waals surface area (Å²) in [5.41, 5.74) is 2.03. The van der Waals surface area contributed by atoms with Gasteiger partial charge in [-0.15, -0.1) is 0 Å². The van der Waals surface area contributed by atoms with E-state index in [0.29, 0.717) is 5.56 Å². The van der Waals surface area contributed by atoms with Crippen molar-refractivity contribution in [2.75, 3.05) is 11.9 Å². The maximum absolute atomic E-state index is 13.4. The lowest BCUT2D eigenvalue weighted by Crippen LogP contribution is -2.37. The molecule has 0 saturated heterocycles. The second-order valence-electron chi connectivity index (χ2n) is 5.43. The lowest BCUT2D eigenvalue weighted by atomic mass is 10.1. The topological polar surface area (TPSA) is 84.5 Å². The zero-order valence-corrected chi connectivity index (χ0v) is 13.8. The highest BCUT2D eigenvalue weighted by molar-refractivity contribution is 6.02. The number of esters is 1. The van der Waals surface area contributed by atoms with Gasteiger partial charge in [0.2, 0.25) is 0 Å². The highest BCUT2D eigenvalue weighted by Crippen LogP contribution is 2.12. The van der Waals surface area contributed by atoms with Crippen molar-refractivity contribution in [1.82, 2.24) is 5.32 Å². The summed E-state index contributed by atoms with van der Waals surface area (Å²) in [6.45, 7) is 3.05. The van der Waals surface area contributed by atoms with Crippen LogP contribution in [0.1, 0.15) is 21.5 Å². The molecule has 0 saturated carbocycles. The molecule has 25 heavy (non-hydrogen) atoms. The molecular weight excluding hydrogens is 327 g/mol. The van der Waals surface area contributed by atoms with Crippen molar-refractivity contribution in [1.29, 1.82) is 0 Å². The Morgan fingerprint density at radius 3 is 2.32 bits per heavy atom. The second-order valence-corrected chi connectivity index (χ2v) is 5.43. The van der Waals surface area contributed by atoms with Crippen LogP contribution in [0.15, 0.2) is 42.5 Å². The van der Waals surface area contributed by atoms with Crippen molar-refractivity contribution in [3.63, 3.8) is 0 Å². The fourth-order valence-corrected chi connectivity index (χ4v) is 2.19. The van der Waals surface area contributed by atoms with Gasteiger partial charge < -0.3 is 10.1 Å². The van der Waals surface area contributed by atoms with E-state index in [-0.39, 0.29) is 5.69 Å². The Morgan fingerprint density at radius 1 is 1.04 bits per heavy atom. The Labute approximate surface area is 144 Å². The maximum Gasteiger partial charge on any atom is 0.338 e. The van der Waals surface area contributed by atoms with Gasteiger partial charge in [0.1, 0.15) is 5.82 Å². The van der Waals surface area contributed by atoms with Crippen LogP contribution in [0, 0.1) is 19.7 Å². The molecule has 0 unspecified atom stereocenters. The van der Waals surface area contributed by atoms with Crippen molar-refractivity contribution in [2.45, 2.75) is 13.8 Å². The van der Waals surface area contributed by atoms with E-state index in [4.69, 9.17) is 4.74 Å². The predicted octanol–water partition coefficient (Wildman–Crippen LogP) is 2.95. The number of nitrogens with one attached hydrogen (secondary N) is 2. The van der Waals surface area contributed by atoms with Gasteiger partial charge in [0.05, 0.1) is 11.3 Å². The third-order valence-corrected chi connectivity index (χ3v) is 3.17. The van der Waals surface area contributed by atoms with Crippen molar-refractivity contribution < 1.29 is 23.5 Å². The first-order valence-corrected chi connectivity index (χ1v) is 7.46. The Kier molecular flexibility index (Phi) is 5.84. The van der Waals surface area contributed by atoms with Crippen LogP contribution in [0.2, 0.25) is 0 Å². The summed E-state index contributed by atoms with van der Waals surface area (Å²) < 4.78 is 18.3. The number of benzene rings is 2. The van der Waals surface area contributed by atoms with Gasteiger partial charge in [-0.1, -0.05) is 29.3 Å². The van der Waals surface area contributed by atoms with E-state index in [2.05, 4.69) is 5.32 Å². The number of ether oxygens (including phenoxy) is 1. The largest absolute Gasteiger partial charge is 0.452 e. The molecule has 0 aliphatic heterocycles. The molecule has 0 bridgehead atoms. The third-order valence-electron chi connectivity index (χ3n) is 3.17. The normalized spacial score (nSPS) is 10.0. The number of halogens is 1. The van der Waals surface area contributed by atoms with Crippen LogP contribution >= 0.6 is 0 Å². The van der Waals surface area contributed by atoms with Crippen LogP contribution in [0.25, 0.3) is 0 Å². The number of hydrogen-bond acceptors (Lipinski definition) is 4. The molecule has 0 aliphatic rings. The number of rotatable bonds is 4. The molecule has 2 aromatic carbocycles. The minimum absolute atomic E-state index is 0.0694. The number of hydrogen-bond donors (Lipinski definition) is 2. The highest BCUT2D eigenvalue weighted by atomic mass is 19.1. The molecule has 0 aliphatic carbocycles. The van der Waals surface area contributed by atoms with Crippen molar-refractivity contribution in [2.24, 2.45) is 0 Å². The van der Waals surface area contributed by atoms with Crippen LogP contribution in [-0.4, -0.2) is 24.5 Å². The van der Waals surface area contributed by atoms with Crippen LogP contribution in [0.4, 0.5) is 14.9 Å². The summed E-state index contributed by atoms with van der Waals surface area (Å²) in [6, 6.07) is 9.77. The Hall–Kier alpha value is -3.22. The lowest BCUT2D eigenvalue weighted by Gasteiger charge is -2.08. The summed E-state index contributed by atoms with van der Waals surface area (Å²) in [7, 11) is 0. The molecular formula is C18H17FN2O4. The molecule has 0 spiro atoms. The molecule has 0 aromatic heterocycles. The zero-order chi connectivity index (χ0) is 18.4. The summed E-state index contributed by atoms with van der Waals surface area (Å²) in [6.07, 6.45) is 0. The number of amides is 3. The van der Waals surface area contributed by atoms with Gasteiger partial charge >= 0.3 is 12.0 Å². The van der Waals surface area contributed by atoms with E-state index in [1.54, 1.807) is 12.1 Å². The number of carbonyl (C=O) groups excluding carboxylic acids is 3. The van der Waals surface area contributed by atoms with Crippen LogP contribution in [-0.2, 0) is 9.53 Å². The number of aryl methyl sites for hydroxylation is 2. The highest BCUT2D eigenvalue weighted by Gasteiger charge is 2.14. The molecule has 130 valence electrons. The summed E-state index contributed by atoms with van der Waals surface area (Å²) in [5, 5.41) is 4.14. The molecule has 0 radical (unpaired) electrons. The van der Waals surface area contributed by atoms with Gasteiger partial charge in [-0.3, -0.25) is 10.1 Å². The minimum Gasteiger partial charge on any atom is -0.452 e. The average molecular weight is 344 g/mol. The van der Waals surface area contributed by atoms with Gasteiger partial charge in [-0.25, -0.2) is 14.0 Å². The van der Waals surface area contributed by atoms with Crippen molar-refractivity contribution >= 4 is 23.6 Å². The van der Waals surface area contributed by atoms with Gasteiger partial charge in [-0.2, -0.15) is 0 Å². The minimum atomic E-state index is -0.919. The zero-order valence-electron chi connectivity index (χ0n) is 13.8. The molecule has 0 heterocycles. The summed E-state index contributed by atoms with van der Waals surface area (Å²) in [5.74, 6) is -2.13. The van der Waals surface area contributed by atoms with E-state index in [0.717, 1.165) is 11.1 Å². The first kappa shape index (κ1) is 18.1. The molecule has 3 amide bonds.